The minimum absolute atomic E-state index is 0.0396. The summed E-state index contributed by atoms with van der Waals surface area (Å²) in [6.07, 6.45) is 5.10. The van der Waals surface area contributed by atoms with Crippen molar-refractivity contribution < 1.29 is 29.9 Å². The molecule has 0 aromatic rings. The van der Waals surface area contributed by atoms with Crippen molar-refractivity contribution in [3.05, 3.63) is 12.2 Å². The lowest BCUT2D eigenvalue weighted by atomic mass is 9.84. The molecule has 9 heteroatoms. The molecule has 2 bridgehead atoms. The largest absolute Gasteiger partial charge is 0.366 e. The van der Waals surface area contributed by atoms with Gasteiger partial charge in [-0.1, -0.05) is 12.2 Å². The van der Waals surface area contributed by atoms with Gasteiger partial charge in [0, 0.05) is 11.8 Å². The van der Waals surface area contributed by atoms with Gasteiger partial charge in [-0.2, -0.15) is 16.8 Å². The van der Waals surface area contributed by atoms with Gasteiger partial charge >= 0.3 is 0 Å². The Labute approximate surface area is 112 Å². The molecule has 1 fully saturated rings. The van der Waals surface area contributed by atoms with E-state index in [-0.39, 0.29) is 37.3 Å². The van der Waals surface area contributed by atoms with Crippen LogP contribution in [0.5, 0.6) is 0 Å². The first-order valence-corrected chi connectivity index (χ1v) is 9.31. The average molecular weight is 312 g/mol. The van der Waals surface area contributed by atoms with E-state index in [4.69, 9.17) is 13.1 Å². The summed E-state index contributed by atoms with van der Waals surface area (Å²) < 4.78 is 59.2. The first-order chi connectivity index (χ1) is 8.66. The molecular formula is C10H16O7S2. The van der Waals surface area contributed by atoms with Gasteiger partial charge in [-0.25, -0.2) is 0 Å². The molecule has 2 aliphatic rings. The molecule has 110 valence electrons. The molecule has 0 amide bonds. The first-order valence-electron chi connectivity index (χ1n) is 5.68. The molecule has 0 unspecified atom stereocenters. The summed E-state index contributed by atoms with van der Waals surface area (Å²) in [5.41, 5.74) is 0. The monoisotopic (exact) mass is 312 g/mol. The molecule has 1 saturated heterocycles. The lowest BCUT2D eigenvalue weighted by molar-refractivity contribution is 0.0941. The minimum atomic E-state index is -3.53. The van der Waals surface area contributed by atoms with Crippen LogP contribution >= 0.6 is 0 Å². The van der Waals surface area contributed by atoms with Crippen LogP contribution in [0.1, 0.15) is 0 Å². The third-order valence-electron chi connectivity index (χ3n) is 3.15. The Morgan fingerprint density at radius 2 is 1.26 bits per heavy atom. The van der Waals surface area contributed by atoms with E-state index in [0.29, 0.717) is 0 Å². The van der Waals surface area contributed by atoms with Gasteiger partial charge in [-0.15, -0.1) is 0 Å². The molecule has 19 heavy (non-hydrogen) atoms. The Balaban J connectivity index is 2.01. The number of fused-ring (bicyclic) bond motifs is 2. The Morgan fingerprint density at radius 3 is 1.58 bits per heavy atom. The van der Waals surface area contributed by atoms with Gasteiger partial charge < -0.3 is 4.74 Å². The van der Waals surface area contributed by atoms with Crippen molar-refractivity contribution in [2.45, 2.75) is 12.2 Å². The second-order valence-corrected chi connectivity index (χ2v) is 8.04. The number of rotatable bonds is 6. The molecular weight excluding hydrogens is 296 g/mol. The van der Waals surface area contributed by atoms with Crippen molar-refractivity contribution in [1.29, 1.82) is 0 Å². The zero-order valence-electron chi connectivity index (χ0n) is 10.6. The zero-order chi connectivity index (χ0) is 14.3. The zero-order valence-corrected chi connectivity index (χ0v) is 12.2. The number of hydrogen-bond acceptors (Lipinski definition) is 7. The van der Waals surface area contributed by atoms with Crippen molar-refractivity contribution in [2.24, 2.45) is 11.8 Å². The maximum Gasteiger partial charge on any atom is 0.264 e. The Morgan fingerprint density at radius 1 is 0.895 bits per heavy atom. The summed E-state index contributed by atoms with van der Waals surface area (Å²) in [5, 5.41) is 0. The van der Waals surface area contributed by atoms with E-state index in [1.54, 1.807) is 0 Å². The predicted molar refractivity (Wildman–Crippen MR) is 66.4 cm³/mol. The highest BCUT2D eigenvalue weighted by Gasteiger charge is 2.46. The fourth-order valence-corrected chi connectivity index (χ4v) is 3.12. The quantitative estimate of drug-likeness (QED) is 0.482. The highest BCUT2D eigenvalue weighted by molar-refractivity contribution is 7.86. The van der Waals surface area contributed by atoms with E-state index >= 15 is 0 Å². The van der Waals surface area contributed by atoms with Gasteiger partial charge in [0.05, 0.1) is 37.9 Å². The summed E-state index contributed by atoms with van der Waals surface area (Å²) in [6, 6.07) is 0. The standard InChI is InChI=1S/C10H16O7S2/c1-18(11,12)15-5-7-8(6-16-19(2,13)14)10-4-3-9(7)17-10/h3-4,7-10H,5-6H2,1-2H3/t7-,8+,9+,10-. The fourth-order valence-electron chi connectivity index (χ4n) is 2.31. The van der Waals surface area contributed by atoms with Gasteiger partial charge in [0.15, 0.2) is 0 Å². The molecule has 0 spiro atoms. The molecule has 4 atom stereocenters. The van der Waals surface area contributed by atoms with Crippen molar-refractivity contribution in [3.63, 3.8) is 0 Å². The second-order valence-electron chi connectivity index (χ2n) is 4.76. The molecule has 2 aliphatic heterocycles. The Hall–Kier alpha value is -0.480. The lowest BCUT2D eigenvalue weighted by Gasteiger charge is -2.23. The molecule has 0 saturated carbocycles. The van der Waals surface area contributed by atoms with Gasteiger partial charge in [0.25, 0.3) is 20.2 Å². The molecule has 0 aromatic carbocycles. The van der Waals surface area contributed by atoms with Crippen LogP contribution < -0.4 is 0 Å². The van der Waals surface area contributed by atoms with Crippen LogP contribution in [0.15, 0.2) is 12.2 Å². The topological polar surface area (TPSA) is 96.0 Å². The predicted octanol–water partition coefficient (Wildman–Crippen LogP) is -0.492. The number of ether oxygens (including phenoxy) is 1. The second kappa shape index (κ2) is 5.13. The van der Waals surface area contributed by atoms with Crippen molar-refractivity contribution >= 4 is 20.2 Å². The van der Waals surface area contributed by atoms with Crippen LogP contribution in [0.25, 0.3) is 0 Å². The lowest BCUT2D eigenvalue weighted by Crippen LogP contribution is -2.32. The van der Waals surface area contributed by atoms with E-state index in [0.717, 1.165) is 12.5 Å². The number of hydrogen-bond donors (Lipinski definition) is 0. The molecule has 2 heterocycles. The molecule has 0 aliphatic carbocycles. The van der Waals surface area contributed by atoms with Crippen LogP contribution in [-0.2, 0) is 33.3 Å². The van der Waals surface area contributed by atoms with Crippen LogP contribution in [-0.4, -0.2) is 54.8 Å². The van der Waals surface area contributed by atoms with E-state index in [1.807, 2.05) is 12.2 Å². The maximum atomic E-state index is 11.0. The van der Waals surface area contributed by atoms with Crippen LogP contribution in [0.4, 0.5) is 0 Å². The summed E-state index contributed by atoms with van der Waals surface area (Å²) in [5.74, 6) is -0.460. The highest BCUT2D eigenvalue weighted by atomic mass is 32.2. The Kier molecular flexibility index (Phi) is 4.03. The van der Waals surface area contributed by atoms with E-state index in [1.165, 1.54) is 0 Å². The van der Waals surface area contributed by atoms with Gasteiger partial charge in [0.2, 0.25) is 0 Å². The van der Waals surface area contributed by atoms with Crippen LogP contribution in [0, 0.1) is 11.8 Å². The molecule has 0 aromatic heterocycles. The van der Waals surface area contributed by atoms with Gasteiger partial charge in [0.1, 0.15) is 0 Å². The summed E-state index contributed by atoms with van der Waals surface area (Å²) in [7, 11) is -7.07. The third-order valence-corrected chi connectivity index (χ3v) is 4.28. The third kappa shape index (κ3) is 3.99. The highest BCUT2D eigenvalue weighted by Crippen LogP contribution is 2.39. The van der Waals surface area contributed by atoms with Crippen molar-refractivity contribution in [2.75, 3.05) is 25.7 Å². The smallest absolute Gasteiger partial charge is 0.264 e. The fraction of sp³-hybridized carbons (Fsp3) is 0.800. The first kappa shape index (κ1) is 14.9. The van der Waals surface area contributed by atoms with E-state index in [9.17, 15) is 16.8 Å². The molecule has 0 N–H and O–H groups in total. The molecule has 0 radical (unpaired) electrons. The minimum Gasteiger partial charge on any atom is -0.366 e. The summed E-state index contributed by atoms with van der Waals surface area (Å²) in [4.78, 5) is 0. The maximum absolute atomic E-state index is 11.0. The SMILES string of the molecule is CS(=O)(=O)OC[C@@H]1[C@H](COS(C)(=O)=O)[C@H]2C=C[C@@H]1O2. The molecule has 7 nitrogen and oxygen atoms in total. The molecule has 2 rings (SSSR count). The van der Waals surface area contributed by atoms with Crippen molar-refractivity contribution in [1.82, 2.24) is 0 Å². The van der Waals surface area contributed by atoms with Gasteiger partial charge in [-0.05, 0) is 0 Å². The summed E-state index contributed by atoms with van der Waals surface area (Å²) >= 11 is 0. The van der Waals surface area contributed by atoms with Gasteiger partial charge in [-0.3, -0.25) is 8.37 Å². The Bertz CT molecular complexity index is 513. The van der Waals surface area contributed by atoms with Crippen molar-refractivity contribution in [3.8, 4) is 0 Å². The normalized spacial score (nSPS) is 34.0. The van der Waals surface area contributed by atoms with E-state index in [2.05, 4.69) is 0 Å². The van der Waals surface area contributed by atoms with E-state index < -0.39 is 20.2 Å². The average Bonchev–Trinajstić information content (AvgIpc) is 2.81. The summed E-state index contributed by atoms with van der Waals surface area (Å²) in [6.45, 7) is -0.0791. The van der Waals surface area contributed by atoms with Crippen LogP contribution in [0.2, 0.25) is 0 Å². The van der Waals surface area contributed by atoms with Crippen LogP contribution in [0.3, 0.4) is 0 Å².